The van der Waals surface area contributed by atoms with E-state index in [9.17, 15) is 0 Å². The molecule has 0 N–H and O–H groups in total. The Hall–Kier alpha value is -1.08. The van der Waals surface area contributed by atoms with E-state index in [0.717, 1.165) is 0 Å². The standard InChI is InChI=1S/C15H16S/c1-11-9-16-10-15(11)14-7-6-12-4-2-3-5-13(12)8-14/h6-10H,2-5H2,1H3. The predicted molar refractivity (Wildman–Crippen MR) is 71.1 cm³/mol. The van der Waals surface area contributed by atoms with E-state index in [1.54, 1.807) is 22.5 Å². The van der Waals surface area contributed by atoms with Crippen molar-refractivity contribution in [3.8, 4) is 11.1 Å². The maximum absolute atomic E-state index is 2.41. The molecule has 0 atom stereocenters. The molecule has 0 radical (unpaired) electrons. The third-order valence-corrected chi connectivity index (χ3v) is 4.38. The number of benzene rings is 1. The Morgan fingerprint density at radius 3 is 2.56 bits per heavy atom. The summed E-state index contributed by atoms with van der Waals surface area (Å²) in [4.78, 5) is 0. The number of aryl methyl sites for hydroxylation is 3. The van der Waals surface area contributed by atoms with Crippen molar-refractivity contribution in [2.75, 3.05) is 0 Å². The lowest BCUT2D eigenvalue weighted by Crippen LogP contribution is -2.02. The van der Waals surface area contributed by atoms with Gasteiger partial charge in [0.2, 0.25) is 0 Å². The first-order chi connectivity index (χ1) is 7.84. The fourth-order valence-corrected chi connectivity index (χ4v) is 3.41. The number of hydrogen-bond donors (Lipinski definition) is 0. The molecule has 0 bridgehead atoms. The van der Waals surface area contributed by atoms with Crippen LogP contribution in [0.25, 0.3) is 11.1 Å². The predicted octanol–water partition coefficient (Wildman–Crippen LogP) is 4.60. The van der Waals surface area contributed by atoms with Crippen molar-refractivity contribution in [2.24, 2.45) is 0 Å². The Bertz CT molecular complexity index is 508. The molecular weight excluding hydrogens is 212 g/mol. The highest BCUT2D eigenvalue weighted by atomic mass is 32.1. The van der Waals surface area contributed by atoms with Crippen molar-refractivity contribution in [3.05, 3.63) is 45.6 Å². The summed E-state index contributed by atoms with van der Waals surface area (Å²) in [6, 6.07) is 7.03. The topological polar surface area (TPSA) is 0 Å². The van der Waals surface area contributed by atoms with E-state index in [1.807, 2.05) is 0 Å². The second-order valence-corrected chi connectivity index (χ2v) is 5.40. The minimum atomic E-state index is 1.27. The first kappa shape index (κ1) is 10.1. The van der Waals surface area contributed by atoms with E-state index in [-0.39, 0.29) is 0 Å². The van der Waals surface area contributed by atoms with Crippen molar-refractivity contribution in [3.63, 3.8) is 0 Å². The average molecular weight is 228 g/mol. The van der Waals surface area contributed by atoms with Crippen LogP contribution in [-0.2, 0) is 12.8 Å². The van der Waals surface area contributed by atoms with Gasteiger partial charge in [0.1, 0.15) is 0 Å². The molecule has 0 nitrogen and oxygen atoms in total. The number of fused-ring (bicyclic) bond motifs is 1. The molecule has 1 aliphatic carbocycles. The van der Waals surface area contributed by atoms with E-state index in [4.69, 9.17) is 0 Å². The number of thiophene rings is 1. The fourth-order valence-electron chi connectivity index (χ4n) is 2.56. The Morgan fingerprint density at radius 2 is 1.81 bits per heavy atom. The molecule has 82 valence electrons. The van der Waals surface area contributed by atoms with Crippen molar-refractivity contribution >= 4 is 11.3 Å². The van der Waals surface area contributed by atoms with Gasteiger partial charge in [-0.05, 0) is 71.2 Å². The lowest BCUT2D eigenvalue weighted by atomic mass is 9.89. The second-order valence-electron chi connectivity index (χ2n) is 4.66. The molecule has 1 heterocycles. The molecule has 1 aliphatic rings. The highest BCUT2D eigenvalue weighted by molar-refractivity contribution is 7.08. The zero-order valence-corrected chi connectivity index (χ0v) is 10.4. The van der Waals surface area contributed by atoms with Crippen LogP contribution in [-0.4, -0.2) is 0 Å². The largest absolute Gasteiger partial charge is 0.151 e. The van der Waals surface area contributed by atoms with E-state index < -0.39 is 0 Å². The van der Waals surface area contributed by atoms with Crippen molar-refractivity contribution in [2.45, 2.75) is 32.6 Å². The van der Waals surface area contributed by atoms with Crippen molar-refractivity contribution in [1.82, 2.24) is 0 Å². The molecule has 0 saturated carbocycles. The van der Waals surface area contributed by atoms with Gasteiger partial charge in [-0.1, -0.05) is 18.2 Å². The van der Waals surface area contributed by atoms with E-state index in [1.165, 1.54) is 42.4 Å². The molecule has 16 heavy (non-hydrogen) atoms. The quantitative estimate of drug-likeness (QED) is 0.669. The highest BCUT2D eigenvalue weighted by Crippen LogP contribution is 2.30. The van der Waals surface area contributed by atoms with E-state index in [0.29, 0.717) is 0 Å². The van der Waals surface area contributed by atoms with Crippen LogP contribution in [0.3, 0.4) is 0 Å². The molecule has 2 aromatic rings. The summed E-state index contributed by atoms with van der Waals surface area (Å²) in [6.07, 6.45) is 5.27. The molecule has 1 aromatic heterocycles. The van der Waals surface area contributed by atoms with Crippen LogP contribution in [0, 0.1) is 6.92 Å². The minimum Gasteiger partial charge on any atom is -0.151 e. The highest BCUT2D eigenvalue weighted by Gasteiger charge is 2.11. The van der Waals surface area contributed by atoms with Crippen LogP contribution in [0.5, 0.6) is 0 Å². The number of hydrogen-bond acceptors (Lipinski definition) is 1. The van der Waals surface area contributed by atoms with Gasteiger partial charge < -0.3 is 0 Å². The van der Waals surface area contributed by atoms with Crippen molar-refractivity contribution < 1.29 is 0 Å². The number of rotatable bonds is 1. The van der Waals surface area contributed by atoms with Gasteiger partial charge in [0.25, 0.3) is 0 Å². The van der Waals surface area contributed by atoms with Crippen LogP contribution >= 0.6 is 11.3 Å². The van der Waals surface area contributed by atoms with Gasteiger partial charge in [0.15, 0.2) is 0 Å². The lowest BCUT2D eigenvalue weighted by Gasteiger charge is -2.16. The summed E-state index contributed by atoms with van der Waals surface area (Å²) in [5, 5.41) is 4.49. The summed E-state index contributed by atoms with van der Waals surface area (Å²) >= 11 is 1.80. The van der Waals surface area contributed by atoms with Crippen molar-refractivity contribution in [1.29, 1.82) is 0 Å². The zero-order valence-electron chi connectivity index (χ0n) is 9.62. The van der Waals surface area contributed by atoms with Gasteiger partial charge in [-0.25, -0.2) is 0 Å². The first-order valence-electron chi connectivity index (χ1n) is 5.99. The van der Waals surface area contributed by atoms with Crippen LogP contribution in [0.15, 0.2) is 29.0 Å². The van der Waals surface area contributed by atoms with Gasteiger partial charge in [-0.15, -0.1) is 0 Å². The van der Waals surface area contributed by atoms with Crippen LogP contribution in [0.4, 0.5) is 0 Å². The van der Waals surface area contributed by atoms with Crippen LogP contribution in [0.1, 0.15) is 29.5 Å². The summed E-state index contributed by atoms with van der Waals surface area (Å²) < 4.78 is 0. The Labute approximate surface area is 101 Å². The van der Waals surface area contributed by atoms with Gasteiger partial charge >= 0.3 is 0 Å². The molecule has 1 aromatic carbocycles. The smallest absolute Gasteiger partial charge is 0.00120 e. The molecule has 0 amide bonds. The Balaban J connectivity index is 2.06. The maximum atomic E-state index is 2.41. The SMILES string of the molecule is Cc1cscc1-c1ccc2c(c1)CCCC2. The Morgan fingerprint density at radius 1 is 1.00 bits per heavy atom. The fraction of sp³-hybridized carbons (Fsp3) is 0.333. The van der Waals surface area contributed by atoms with E-state index in [2.05, 4.69) is 35.9 Å². The molecule has 0 fully saturated rings. The van der Waals surface area contributed by atoms with E-state index >= 15 is 0 Å². The third-order valence-electron chi connectivity index (χ3n) is 3.52. The van der Waals surface area contributed by atoms with Gasteiger partial charge in [-0.3, -0.25) is 0 Å². The third kappa shape index (κ3) is 1.69. The molecule has 0 spiro atoms. The van der Waals surface area contributed by atoms with Gasteiger partial charge in [0, 0.05) is 0 Å². The zero-order chi connectivity index (χ0) is 11.0. The minimum absolute atomic E-state index is 1.27. The maximum Gasteiger partial charge on any atom is -0.00120 e. The lowest BCUT2D eigenvalue weighted by molar-refractivity contribution is 0.686. The van der Waals surface area contributed by atoms with Crippen LogP contribution in [0.2, 0.25) is 0 Å². The van der Waals surface area contributed by atoms with Gasteiger partial charge in [0.05, 0.1) is 0 Å². The summed E-state index contributed by atoms with van der Waals surface area (Å²) in [5.74, 6) is 0. The molecular formula is C15H16S. The Kier molecular flexibility index (Phi) is 2.56. The molecule has 3 rings (SSSR count). The molecule has 0 aliphatic heterocycles. The summed E-state index contributed by atoms with van der Waals surface area (Å²) in [7, 11) is 0. The van der Waals surface area contributed by atoms with Crippen LogP contribution < -0.4 is 0 Å². The monoisotopic (exact) mass is 228 g/mol. The molecule has 1 heteroatoms. The molecule has 0 saturated heterocycles. The first-order valence-corrected chi connectivity index (χ1v) is 6.94. The van der Waals surface area contributed by atoms with Gasteiger partial charge in [-0.2, -0.15) is 11.3 Å². The average Bonchev–Trinajstić information content (AvgIpc) is 2.75. The summed E-state index contributed by atoms with van der Waals surface area (Å²) in [6.45, 7) is 2.20. The summed E-state index contributed by atoms with van der Waals surface area (Å²) in [5.41, 5.74) is 7.37. The second kappa shape index (κ2) is 4.06. The molecule has 0 unspecified atom stereocenters. The normalized spacial score (nSPS) is 14.8.